The van der Waals surface area contributed by atoms with E-state index < -0.39 is 0 Å². The van der Waals surface area contributed by atoms with Gasteiger partial charge < -0.3 is 4.42 Å². The van der Waals surface area contributed by atoms with E-state index in [0.717, 1.165) is 58.3 Å². The maximum absolute atomic E-state index is 6.53. The van der Waals surface area contributed by atoms with E-state index in [9.17, 15) is 0 Å². The van der Waals surface area contributed by atoms with Gasteiger partial charge in [0, 0.05) is 60.2 Å². The van der Waals surface area contributed by atoms with E-state index >= 15 is 0 Å². The molecule has 9 rings (SSSR count). The number of hydrogen-bond donors (Lipinski definition) is 0. The van der Waals surface area contributed by atoms with E-state index in [1.165, 1.54) is 25.7 Å². The van der Waals surface area contributed by atoms with Crippen LogP contribution in [-0.4, -0.2) is 15.0 Å². The average molecular weight is 586 g/mol. The molecule has 0 N–H and O–H groups in total. The summed E-state index contributed by atoms with van der Waals surface area (Å²) in [7, 11) is 0. The first kappa shape index (κ1) is 25.4. The van der Waals surface area contributed by atoms with Crippen molar-refractivity contribution in [2.75, 3.05) is 0 Å². The first-order chi connectivity index (χ1) is 21.8. The number of thiophene rings is 1. The van der Waals surface area contributed by atoms with Gasteiger partial charge in [0.05, 0.1) is 0 Å². The fraction of sp³-hybridized carbons (Fsp3) is 0.103. The van der Waals surface area contributed by atoms with Crippen molar-refractivity contribution in [2.45, 2.75) is 19.3 Å². The van der Waals surface area contributed by atoms with E-state index in [0.29, 0.717) is 17.5 Å². The highest BCUT2D eigenvalue weighted by molar-refractivity contribution is 7.25. The Kier molecular flexibility index (Phi) is 5.91. The molecule has 7 aromatic rings. The zero-order chi connectivity index (χ0) is 29.0. The zero-order valence-corrected chi connectivity index (χ0v) is 24.7. The Morgan fingerprint density at radius 2 is 1.45 bits per heavy atom. The first-order valence-corrected chi connectivity index (χ1v) is 15.9. The molecule has 0 saturated heterocycles. The summed E-state index contributed by atoms with van der Waals surface area (Å²) in [5.74, 6) is 3.18. The fourth-order valence-corrected chi connectivity index (χ4v) is 7.81. The number of fused-ring (bicyclic) bond motifs is 6. The Balaban J connectivity index is 1.32. The summed E-state index contributed by atoms with van der Waals surface area (Å²) in [6.07, 6.45) is 12.2. The van der Waals surface area contributed by atoms with Crippen LogP contribution >= 0.6 is 11.3 Å². The number of hydrogen-bond acceptors (Lipinski definition) is 5. The second-order valence-corrected chi connectivity index (χ2v) is 12.5. The van der Waals surface area contributed by atoms with Crippen LogP contribution in [0.1, 0.15) is 30.0 Å². The summed E-state index contributed by atoms with van der Waals surface area (Å²) < 4.78 is 9.01. The molecular weight excluding hydrogens is 559 g/mol. The first-order valence-electron chi connectivity index (χ1n) is 15.1. The highest BCUT2D eigenvalue weighted by Crippen LogP contribution is 2.43. The standard InChI is InChI=1S/C39H27N3OS/c1-3-12-24(13-4-1)26-22-30(35-27-16-7-9-19-31(27)43-32(35)23-26)39-41-37(25-14-5-2-6-15-25)40-38(42-39)29-18-11-21-34-36(29)28-17-8-10-20-33(28)44-34/h2-3,5-22,26H,1,4,23H2. The van der Waals surface area contributed by atoms with E-state index in [1.54, 1.807) is 11.3 Å². The summed E-state index contributed by atoms with van der Waals surface area (Å²) in [6.45, 7) is 0. The Labute approximate surface area is 258 Å². The molecule has 210 valence electrons. The number of nitrogens with zero attached hydrogens (tertiary/aromatic N) is 3. The lowest BCUT2D eigenvalue weighted by Gasteiger charge is -2.23. The molecule has 3 heterocycles. The zero-order valence-electron chi connectivity index (χ0n) is 23.9. The molecule has 5 heteroatoms. The van der Waals surface area contributed by atoms with Crippen LogP contribution in [0.5, 0.6) is 0 Å². The SMILES string of the molecule is C1=CC(C2C=C(c3nc(-c4ccccc4)nc(-c4cccc5sc6ccccc6c45)n3)c3c(oc4ccccc34)C2)=CCC1. The van der Waals surface area contributed by atoms with Crippen LogP contribution in [0, 0.1) is 5.92 Å². The van der Waals surface area contributed by atoms with Gasteiger partial charge in [0.15, 0.2) is 17.5 Å². The third kappa shape index (κ3) is 4.15. The van der Waals surface area contributed by atoms with Gasteiger partial charge in [-0.15, -0.1) is 11.3 Å². The monoisotopic (exact) mass is 585 g/mol. The highest BCUT2D eigenvalue weighted by atomic mass is 32.1. The van der Waals surface area contributed by atoms with Crippen LogP contribution in [0.2, 0.25) is 0 Å². The molecule has 4 aromatic carbocycles. The van der Waals surface area contributed by atoms with Crippen LogP contribution in [0.15, 0.2) is 131 Å². The van der Waals surface area contributed by atoms with Gasteiger partial charge in [-0.1, -0.05) is 103 Å². The lowest BCUT2D eigenvalue weighted by Crippen LogP contribution is -2.14. The molecule has 1 atom stereocenters. The van der Waals surface area contributed by atoms with Crippen molar-refractivity contribution in [3.05, 3.63) is 144 Å². The largest absolute Gasteiger partial charge is 0.460 e. The molecule has 0 spiro atoms. The average Bonchev–Trinajstić information content (AvgIpc) is 3.67. The van der Waals surface area contributed by atoms with E-state index in [-0.39, 0.29) is 5.92 Å². The second kappa shape index (κ2) is 10.2. The second-order valence-electron chi connectivity index (χ2n) is 11.4. The molecule has 0 aliphatic heterocycles. The lowest BCUT2D eigenvalue weighted by atomic mass is 9.82. The third-order valence-electron chi connectivity index (χ3n) is 8.71. The molecule has 2 aliphatic rings. The topological polar surface area (TPSA) is 51.8 Å². The molecule has 0 saturated carbocycles. The van der Waals surface area contributed by atoms with Gasteiger partial charge in [-0.05, 0) is 36.6 Å². The van der Waals surface area contributed by atoms with Gasteiger partial charge in [0.25, 0.3) is 0 Å². The molecule has 0 radical (unpaired) electrons. The van der Waals surface area contributed by atoms with Crippen molar-refractivity contribution in [3.63, 3.8) is 0 Å². The van der Waals surface area contributed by atoms with Crippen molar-refractivity contribution in [1.82, 2.24) is 15.0 Å². The summed E-state index contributed by atoms with van der Waals surface area (Å²) in [5, 5.41) is 3.50. The van der Waals surface area contributed by atoms with Gasteiger partial charge in [0.1, 0.15) is 11.3 Å². The predicted octanol–water partition coefficient (Wildman–Crippen LogP) is 10.2. The minimum atomic E-state index is 0.180. The number of rotatable bonds is 4. The van der Waals surface area contributed by atoms with Crippen molar-refractivity contribution in [3.8, 4) is 22.8 Å². The maximum atomic E-state index is 6.53. The van der Waals surface area contributed by atoms with E-state index in [4.69, 9.17) is 19.4 Å². The summed E-state index contributed by atoms with van der Waals surface area (Å²) in [5.41, 5.74) is 6.29. The molecule has 3 aromatic heterocycles. The fourth-order valence-electron chi connectivity index (χ4n) is 6.68. The molecule has 4 nitrogen and oxygen atoms in total. The number of benzene rings is 4. The Morgan fingerprint density at radius 1 is 0.682 bits per heavy atom. The van der Waals surface area contributed by atoms with Gasteiger partial charge in [-0.2, -0.15) is 0 Å². The highest BCUT2D eigenvalue weighted by Gasteiger charge is 2.30. The number of furan rings is 1. The van der Waals surface area contributed by atoms with Crippen molar-refractivity contribution < 1.29 is 4.42 Å². The third-order valence-corrected chi connectivity index (χ3v) is 9.85. The molecule has 0 amide bonds. The van der Waals surface area contributed by atoms with Crippen molar-refractivity contribution >= 4 is 48.1 Å². The summed E-state index contributed by atoms with van der Waals surface area (Å²) in [4.78, 5) is 15.6. The number of aromatic nitrogens is 3. The quantitative estimate of drug-likeness (QED) is 0.206. The van der Waals surface area contributed by atoms with Crippen LogP contribution < -0.4 is 0 Å². The summed E-state index contributed by atoms with van der Waals surface area (Å²) in [6, 6.07) is 33.5. The molecule has 0 fully saturated rings. The lowest BCUT2D eigenvalue weighted by molar-refractivity contribution is 0.520. The van der Waals surface area contributed by atoms with Gasteiger partial charge >= 0.3 is 0 Å². The molecule has 1 unspecified atom stereocenters. The number of allylic oxidation sites excluding steroid dienone is 5. The van der Waals surface area contributed by atoms with E-state index in [2.05, 4.69) is 97.1 Å². The van der Waals surface area contributed by atoms with Crippen LogP contribution in [0.3, 0.4) is 0 Å². The van der Waals surface area contributed by atoms with Crippen molar-refractivity contribution in [1.29, 1.82) is 0 Å². The predicted molar refractivity (Wildman–Crippen MR) is 181 cm³/mol. The van der Waals surface area contributed by atoms with Gasteiger partial charge in [-0.25, -0.2) is 15.0 Å². The minimum Gasteiger partial charge on any atom is -0.460 e. The Morgan fingerprint density at radius 3 is 2.34 bits per heavy atom. The number of para-hydroxylation sites is 1. The normalized spacial score (nSPS) is 16.3. The summed E-state index contributed by atoms with van der Waals surface area (Å²) >= 11 is 1.81. The van der Waals surface area contributed by atoms with Gasteiger partial charge in [-0.3, -0.25) is 0 Å². The van der Waals surface area contributed by atoms with Crippen LogP contribution in [-0.2, 0) is 6.42 Å². The van der Waals surface area contributed by atoms with E-state index in [1.807, 2.05) is 24.3 Å². The molecule has 0 bridgehead atoms. The molecular formula is C39H27N3OS. The van der Waals surface area contributed by atoms with Crippen LogP contribution in [0.25, 0.3) is 59.5 Å². The van der Waals surface area contributed by atoms with Crippen LogP contribution in [0.4, 0.5) is 0 Å². The molecule has 2 aliphatic carbocycles. The van der Waals surface area contributed by atoms with Gasteiger partial charge in [0.2, 0.25) is 0 Å². The Bertz CT molecular complexity index is 2320. The Hall–Kier alpha value is -5.13. The maximum Gasteiger partial charge on any atom is 0.164 e. The molecule has 44 heavy (non-hydrogen) atoms. The van der Waals surface area contributed by atoms with Crippen molar-refractivity contribution in [2.24, 2.45) is 5.92 Å². The minimum absolute atomic E-state index is 0.180. The smallest absolute Gasteiger partial charge is 0.164 e.